The number of benzene rings is 2. The number of methoxy groups -OCH3 is 1. The van der Waals surface area contributed by atoms with E-state index in [1.54, 1.807) is 24.3 Å². The maximum atomic E-state index is 12.3. The molecule has 8 nitrogen and oxygen atoms in total. The van der Waals surface area contributed by atoms with Crippen molar-refractivity contribution in [2.24, 2.45) is 0 Å². The van der Waals surface area contributed by atoms with Crippen LogP contribution in [0.3, 0.4) is 0 Å². The van der Waals surface area contributed by atoms with Crippen molar-refractivity contribution in [3.05, 3.63) is 71.3 Å². The van der Waals surface area contributed by atoms with Gasteiger partial charge < -0.3 is 20.1 Å². The molecular weight excluding hydrogens is 422 g/mol. The maximum Gasteiger partial charge on any atom is 0.407 e. The molecule has 0 spiro atoms. The van der Waals surface area contributed by atoms with Crippen LogP contribution in [-0.2, 0) is 32.1 Å². The smallest absolute Gasteiger partial charge is 0.407 e. The van der Waals surface area contributed by atoms with Crippen LogP contribution in [0.25, 0.3) is 0 Å². The molecule has 0 aromatic heterocycles. The molecule has 33 heavy (non-hydrogen) atoms. The molecule has 0 radical (unpaired) electrons. The van der Waals surface area contributed by atoms with Gasteiger partial charge in [0, 0.05) is 19.4 Å². The van der Waals surface area contributed by atoms with Gasteiger partial charge in [-0.3, -0.25) is 4.79 Å². The molecule has 1 atom stereocenters. The summed E-state index contributed by atoms with van der Waals surface area (Å²) in [6, 6.07) is 17.5. The number of rotatable bonds is 12. The lowest BCUT2D eigenvalue weighted by atomic mass is 10.0. The van der Waals surface area contributed by atoms with Gasteiger partial charge in [-0.05, 0) is 36.1 Å². The third kappa shape index (κ3) is 9.87. The Morgan fingerprint density at radius 2 is 1.76 bits per heavy atom. The fourth-order valence-electron chi connectivity index (χ4n) is 3.16. The molecule has 2 rings (SSSR count). The van der Waals surface area contributed by atoms with Crippen molar-refractivity contribution >= 4 is 18.0 Å². The summed E-state index contributed by atoms with van der Waals surface area (Å²) in [7, 11) is 1.27. The molecule has 2 aromatic carbocycles. The Kier molecular flexibility index (Phi) is 11.0. The summed E-state index contributed by atoms with van der Waals surface area (Å²) in [5.41, 5.74) is 2.16. The molecule has 0 aliphatic carbocycles. The molecule has 0 heterocycles. The third-order valence-electron chi connectivity index (χ3n) is 4.88. The number of hydrogen-bond donors (Lipinski definition) is 2. The fourth-order valence-corrected chi connectivity index (χ4v) is 3.16. The summed E-state index contributed by atoms with van der Waals surface area (Å²) in [5.74, 6) is -0.791. The van der Waals surface area contributed by atoms with E-state index in [9.17, 15) is 14.4 Å². The van der Waals surface area contributed by atoms with Crippen molar-refractivity contribution in [3.8, 4) is 6.07 Å². The van der Waals surface area contributed by atoms with Crippen molar-refractivity contribution in [1.82, 2.24) is 10.6 Å². The minimum absolute atomic E-state index is 0.217. The molecule has 2 amide bonds. The van der Waals surface area contributed by atoms with Crippen LogP contribution in [0.4, 0.5) is 4.79 Å². The normalized spacial score (nSPS) is 11.0. The summed E-state index contributed by atoms with van der Waals surface area (Å²) >= 11 is 0. The van der Waals surface area contributed by atoms with Gasteiger partial charge in [0.05, 0.1) is 18.7 Å². The van der Waals surface area contributed by atoms with Crippen LogP contribution in [0.2, 0.25) is 0 Å². The van der Waals surface area contributed by atoms with Gasteiger partial charge in [-0.1, -0.05) is 48.9 Å². The molecule has 0 aliphatic rings. The predicted octanol–water partition coefficient (Wildman–Crippen LogP) is 3.25. The Morgan fingerprint density at radius 3 is 2.48 bits per heavy atom. The Labute approximate surface area is 193 Å². The Balaban J connectivity index is 1.64. The number of ether oxygens (including phenoxy) is 2. The molecule has 0 saturated heterocycles. The first-order chi connectivity index (χ1) is 16.0. The number of nitrogens with zero attached hydrogens (tertiary/aromatic N) is 1. The molecule has 0 bridgehead atoms. The van der Waals surface area contributed by atoms with E-state index in [4.69, 9.17) is 14.7 Å². The average molecular weight is 452 g/mol. The highest BCUT2D eigenvalue weighted by atomic mass is 16.5. The van der Waals surface area contributed by atoms with Crippen LogP contribution in [0.5, 0.6) is 0 Å². The van der Waals surface area contributed by atoms with Gasteiger partial charge in [-0.25, -0.2) is 9.59 Å². The minimum atomic E-state index is -0.822. The van der Waals surface area contributed by atoms with Gasteiger partial charge in [-0.15, -0.1) is 0 Å². The van der Waals surface area contributed by atoms with Crippen molar-refractivity contribution < 1.29 is 23.9 Å². The van der Waals surface area contributed by atoms with Gasteiger partial charge in [0.2, 0.25) is 5.91 Å². The molecule has 2 N–H and O–H groups in total. The summed E-state index contributed by atoms with van der Waals surface area (Å²) < 4.78 is 9.94. The van der Waals surface area contributed by atoms with Crippen molar-refractivity contribution in [1.29, 1.82) is 5.26 Å². The second-order valence-electron chi connectivity index (χ2n) is 7.46. The Bertz CT molecular complexity index is 956. The van der Waals surface area contributed by atoms with E-state index >= 15 is 0 Å². The number of amides is 2. The molecule has 8 heteroatoms. The monoisotopic (exact) mass is 451 g/mol. The first kappa shape index (κ1) is 25.4. The maximum absolute atomic E-state index is 12.3. The zero-order valence-electron chi connectivity index (χ0n) is 18.7. The highest BCUT2D eigenvalue weighted by molar-refractivity contribution is 5.84. The summed E-state index contributed by atoms with van der Waals surface area (Å²) in [5, 5.41) is 14.4. The van der Waals surface area contributed by atoms with Crippen LogP contribution in [-0.4, -0.2) is 37.7 Å². The number of esters is 1. The topological polar surface area (TPSA) is 118 Å². The van der Waals surface area contributed by atoms with Gasteiger partial charge in [0.15, 0.2) is 0 Å². The average Bonchev–Trinajstić information content (AvgIpc) is 2.84. The van der Waals surface area contributed by atoms with Crippen molar-refractivity contribution in [3.63, 3.8) is 0 Å². The van der Waals surface area contributed by atoms with Crippen LogP contribution >= 0.6 is 0 Å². The van der Waals surface area contributed by atoms with Gasteiger partial charge in [0.25, 0.3) is 0 Å². The zero-order chi connectivity index (χ0) is 23.9. The van der Waals surface area contributed by atoms with Crippen molar-refractivity contribution in [2.45, 2.75) is 44.8 Å². The second kappa shape index (κ2) is 14.2. The number of hydrogen-bond acceptors (Lipinski definition) is 6. The van der Waals surface area contributed by atoms with E-state index in [1.807, 2.05) is 30.3 Å². The molecule has 174 valence electrons. The van der Waals surface area contributed by atoms with Gasteiger partial charge >= 0.3 is 12.1 Å². The number of nitrogens with one attached hydrogen (secondary N) is 2. The lowest BCUT2D eigenvalue weighted by molar-refractivity contribution is -0.145. The molecule has 2 aromatic rings. The number of alkyl carbamates (subject to hydrolysis) is 1. The highest BCUT2D eigenvalue weighted by Gasteiger charge is 2.22. The van der Waals surface area contributed by atoms with Crippen molar-refractivity contribution in [2.75, 3.05) is 13.7 Å². The third-order valence-corrected chi connectivity index (χ3v) is 4.88. The van der Waals surface area contributed by atoms with Crippen LogP contribution in [0.1, 0.15) is 42.4 Å². The van der Waals surface area contributed by atoms with E-state index < -0.39 is 18.1 Å². The molecule has 0 fully saturated rings. The SMILES string of the molecule is COC(=O)[C@@H](Cc1cccc(C#N)c1)NC(=O)CCCCCNC(=O)OCc1ccccc1. The summed E-state index contributed by atoms with van der Waals surface area (Å²) in [4.78, 5) is 36.1. The minimum Gasteiger partial charge on any atom is -0.467 e. The standard InChI is InChI=1S/C25H29N3O5/c1-32-24(30)22(16-20-11-8-12-21(15-20)17-26)28-23(29)13-6-3-7-14-27-25(31)33-18-19-9-4-2-5-10-19/h2,4-5,8-12,15,22H,3,6-7,13-14,16,18H2,1H3,(H,27,31)(H,28,29)/t22-/m1/s1. The first-order valence-corrected chi connectivity index (χ1v) is 10.8. The van der Waals surface area contributed by atoms with E-state index in [0.29, 0.717) is 24.9 Å². The second-order valence-corrected chi connectivity index (χ2v) is 7.46. The number of carbonyl (C=O) groups is 3. The summed E-state index contributed by atoms with van der Waals surface area (Å²) in [6.45, 7) is 0.671. The van der Waals surface area contributed by atoms with Crippen LogP contribution in [0, 0.1) is 11.3 Å². The van der Waals surface area contributed by atoms with Crippen LogP contribution < -0.4 is 10.6 Å². The Hall–Kier alpha value is -3.86. The Morgan fingerprint density at radius 1 is 1.00 bits per heavy atom. The van der Waals surface area contributed by atoms with Gasteiger partial charge in [0.1, 0.15) is 12.6 Å². The highest BCUT2D eigenvalue weighted by Crippen LogP contribution is 2.09. The van der Waals surface area contributed by atoms with E-state index in [0.717, 1.165) is 17.5 Å². The van der Waals surface area contributed by atoms with Crippen LogP contribution in [0.15, 0.2) is 54.6 Å². The molecule has 0 unspecified atom stereocenters. The largest absolute Gasteiger partial charge is 0.467 e. The predicted molar refractivity (Wildman–Crippen MR) is 122 cm³/mol. The molecule has 0 saturated carbocycles. The number of carbonyl (C=O) groups excluding carboxylic acids is 3. The number of unbranched alkanes of at least 4 members (excludes halogenated alkanes) is 2. The zero-order valence-corrected chi connectivity index (χ0v) is 18.7. The van der Waals surface area contributed by atoms with E-state index in [-0.39, 0.29) is 25.4 Å². The molecule has 0 aliphatic heterocycles. The van der Waals surface area contributed by atoms with E-state index in [1.165, 1.54) is 7.11 Å². The summed E-state index contributed by atoms with van der Waals surface area (Å²) in [6.07, 6.45) is 2.07. The van der Waals surface area contributed by atoms with E-state index in [2.05, 4.69) is 16.7 Å². The molecular formula is C25H29N3O5. The fraction of sp³-hybridized carbons (Fsp3) is 0.360. The first-order valence-electron chi connectivity index (χ1n) is 10.8. The lowest BCUT2D eigenvalue weighted by Gasteiger charge is -2.17. The lowest BCUT2D eigenvalue weighted by Crippen LogP contribution is -2.43. The quantitative estimate of drug-likeness (QED) is 0.378. The van der Waals surface area contributed by atoms with Gasteiger partial charge in [-0.2, -0.15) is 5.26 Å². The number of nitriles is 1.